The first-order valence-electron chi connectivity index (χ1n) is 10.1. The third-order valence-corrected chi connectivity index (χ3v) is 4.50. The minimum atomic E-state index is -3.73. The fourth-order valence-electron chi connectivity index (χ4n) is 2.57. The van der Waals surface area contributed by atoms with Gasteiger partial charge in [-0.05, 0) is 64.4 Å². The van der Waals surface area contributed by atoms with Crippen molar-refractivity contribution >= 4 is 16.1 Å². The number of ether oxygens (including phenoxy) is 1. The van der Waals surface area contributed by atoms with Crippen LogP contribution in [0.3, 0.4) is 0 Å². The van der Waals surface area contributed by atoms with Crippen molar-refractivity contribution in [3.63, 3.8) is 0 Å². The molecule has 0 bridgehead atoms. The van der Waals surface area contributed by atoms with Gasteiger partial charge in [-0.1, -0.05) is 23.8 Å². The van der Waals surface area contributed by atoms with Crippen molar-refractivity contribution in [3.05, 3.63) is 59.2 Å². The molecule has 178 valence electrons. The van der Waals surface area contributed by atoms with Crippen LogP contribution in [-0.2, 0) is 14.3 Å². The molecule has 2 aromatic rings. The molecule has 1 atom stereocenters. The molecule has 0 radical (unpaired) electrons. The molecular weight excluding hydrogens is 434 g/mol. The van der Waals surface area contributed by atoms with E-state index in [2.05, 4.69) is 5.32 Å². The Hall–Kier alpha value is -2.46. The molecular formula is C23H33NO7S. The molecule has 0 heterocycles. The van der Waals surface area contributed by atoms with Crippen LogP contribution in [-0.4, -0.2) is 49.5 Å². The lowest BCUT2D eigenvalue weighted by molar-refractivity contribution is 0.0729. The zero-order chi connectivity index (χ0) is 24.5. The van der Waals surface area contributed by atoms with Crippen molar-refractivity contribution in [2.75, 3.05) is 19.4 Å². The maximum atomic E-state index is 12.3. The zero-order valence-electron chi connectivity index (χ0n) is 19.4. The Morgan fingerprint density at radius 3 is 2.28 bits per heavy atom. The van der Waals surface area contributed by atoms with Crippen LogP contribution in [0.25, 0.3) is 0 Å². The highest BCUT2D eigenvalue weighted by Crippen LogP contribution is 2.31. The van der Waals surface area contributed by atoms with Crippen LogP contribution in [0, 0.1) is 6.92 Å². The standard InChI is InChI=1S/C21H27NO6S.C2H6O/c1-14-7-6-8-16(11-14)20(24)27-18-10-9-15(12-17(18)23)19(28-29(5,25)26)13-22-21(2,3)4;1-2-3/h6-12,19,22-23H,13H2,1-5H3;3H,2H2,1H3. The van der Waals surface area contributed by atoms with E-state index < -0.39 is 22.2 Å². The zero-order valence-corrected chi connectivity index (χ0v) is 20.2. The molecule has 0 saturated heterocycles. The van der Waals surface area contributed by atoms with Gasteiger partial charge in [0.2, 0.25) is 0 Å². The third kappa shape index (κ3) is 10.2. The molecule has 0 aliphatic carbocycles. The number of aliphatic hydroxyl groups excluding tert-OH is 1. The van der Waals surface area contributed by atoms with Gasteiger partial charge in [0, 0.05) is 18.7 Å². The Bertz CT molecular complexity index is 998. The molecule has 2 rings (SSSR count). The van der Waals surface area contributed by atoms with Crippen LogP contribution in [0.5, 0.6) is 11.5 Å². The van der Waals surface area contributed by atoms with E-state index in [9.17, 15) is 18.3 Å². The van der Waals surface area contributed by atoms with Crippen molar-refractivity contribution in [2.45, 2.75) is 46.3 Å². The van der Waals surface area contributed by atoms with Gasteiger partial charge >= 0.3 is 5.97 Å². The van der Waals surface area contributed by atoms with E-state index in [-0.39, 0.29) is 30.2 Å². The number of aromatic hydroxyl groups is 1. The summed E-state index contributed by atoms with van der Waals surface area (Å²) in [6.07, 6.45) is 0.117. The fraction of sp³-hybridized carbons (Fsp3) is 0.435. The van der Waals surface area contributed by atoms with Gasteiger partial charge in [-0.25, -0.2) is 4.79 Å². The molecule has 1 unspecified atom stereocenters. The van der Waals surface area contributed by atoms with Crippen LogP contribution >= 0.6 is 0 Å². The Kier molecular flexibility index (Phi) is 10.3. The topological polar surface area (TPSA) is 122 Å². The van der Waals surface area contributed by atoms with Crippen LogP contribution < -0.4 is 10.1 Å². The summed E-state index contributed by atoms with van der Waals surface area (Å²) in [6.45, 7) is 9.82. The van der Waals surface area contributed by atoms with Gasteiger partial charge in [0.1, 0.15) is 6.10 Å². The van der Waals surface area contributed by atoms with E-state index in [1.165, 1.54) is 12.1 Å². The Morgan fingerprint density at radius 1 is 1.16 bits per heavy atom. The smallest absolute Gasteiger partial charge is 0.343 e. The molecule has 0 aliphatic heterocycles. The predicted molar refractivity (Wildman–Crippen MR) is 123 cm³/mol. The van der Waals surface area contributed by atoms with Crippen molar-refractivity contribution in [3.8, 4) is 11.5 Å². The summed E-state index contributed by atoms with van der Waals surface area (Å²) in [7, 11) is -3.73. The van der Waals surface area contributed by atoms with E-state index in [1.807, 2.05) is 33.8 Å². The number of phenolic OH excluding ortho intramolecular Hbond substituents is 1. The average Bonchev–Trinajstić information content (AvgIpc) is 2.66. The second-order valence-corrected chi connectivity index (χ2v) is 9.82. The van der Waals surface area contributed by atoms with Crippen LogP contribution in [0.15, 0.2) is 42.5 Å². The molecule has 32 heavy (non-hydrogen) atoms. The minimum Gasteiger partial charge on any atom is -0.504 e. The lowest BCUT2D eigenvalue weighted by Crippen LogP contribution is -2.39. The van der Waals surface area contributed by atoms with Gasteiger partial charge in [-0.15, -0.1) is 0 Å². The Labute approximate surface area is 190 Å². The van der Waals surface area contributed by atoms with Crippen LogP contribution in [0.1, 0.15) is 55.3 Å². The quantitative estimate of drug-likeness (QED) is 0.322. The first kappa shape index (κ1) is 27.6. The highest BCUT2D eigenvalue weighted by atomic mass is 32.2. The first-order valence-corrected chi connectivity index (χ1v) is 11.9. The normalized spacial score (nSPS) is 12.5. The molecule has 0 amide bonds. The molecule has 0 fully saturated rings. The summed E-state index contributed by atoms with van der Waals surface area (Å²) in [5.74, 6) is -0.918. The van der Waals surface area contributed by atoms with Crippen LogP contribution in [0.2, 0.25) is 0 Å². The third-order valence-electron chi connectivity index (χ3n) is 3.92. The number of carbonyl (C=O) groups is 1. The van der Waals surface area contributed by atoms with Gasteiger partial charge < -0.3 is 20.3 Å². The summed E-state index contributed by atoms with van der Waals surface area (Å²) in [5.41, 5.74) is 1.44. The predicted octanol–water partition coefficient (Wildman–Crippen LogP) is 3.32. The number of aliphatic hydroxyl groups is 1. The molecule has 9 heteroatoms. The summed E-state index contributed by atoms with van der Waals surface area (Å²) in [4.78, 5) is 12.3. The number of benzene rings is 2. The average molecular weight is 468 g/mol. The first-order chi connectivity index (χ1) is 14.8. The number of nitrogens with one attached hydrogen (secondary N) is 1. The number of rotatable bonds is 7. The molecule has 0 spiro atoms. The van der Waals surface area contributed by atoms with Crippen LogP contribution in [0.4, 0.5) is 0 Å². The molecule has 8 nitrogen and oxygen atoms in total. The largest absolute Gasteiger partial charge is 0.504 e. The number of aryl methyl sites for hydroxylation is 1. The van der Waals surface area contributed by atoms with Gasteiger partial charge in [0.05, 0.1) is 11.8 Å². The van der Waals surface area contributed by atoms with Crippen molar-refractivity contribution in [2.24, 2.45) is 0 Å². The van der Waals surface area contributed by atoms with E-state index in [4.69, 9.17) is 14.0 Å². The Morgan fingerprint density at radius 2 is 1.78 bits per heavy atom. The highest BCUT2D eigenvalue weighted by Gasteiger charge is 2.22. The van der Waals surface area contributed by atoms with Gasteiger partial charge in [-0.2, -0.15) is 8.42 Å². The van der Waals surface area contributed by atoms with Gasteiger partial charge in [0.15, 0.2) is 11.5 Å². The van der Waals surface area contributed by atoms with E-state index in [0.29, 0.717) is 11.1 Å². The van der Waals surface area contributed by atoms with Gasteiger partial charge in [0.25, 0.3) is 10.1 Å². The number of hydrogen-bond acceptors (Lipinski definition) is 8. The SMILES string of the molecule is CCO.Cc1cccc(C(=O)Oc2ccc(C(CNC(C)(C)C)OS(C)(=O)=O)cc2O)c1. The maximum Gasteiger partial charge on any atom is 0.343 e. The summed E-state index contributed by atoms with van der Waals surface area (Å²) in [6, 6.07) is 11.2. The van der Waals surface area contributed by atoms with E-state index in [0.717, 1.165) is 11.8 Å². The van der Waals surface area contributed by atoms with Gasteiger partial charge in [-0.3, -0.25) is 4.18 Å². The van der Waals surface area contributed by atoms with Crippen molar-refractivity contribution < 1.29 is 32.3 Å². The molecule has 2 aromatic carbocycles. The van der Waals surface area contributed by atoms with E-state index in [1.54, 1.807) is 31.2 Å². The Balaban J connectivity index is 0.00000161. The molecule has 0 aromatic heterocycles. The van der Waals surface area contributed by atoms with Crippen molar-refractivity contribution in [1.82, 2.24) is 5.32 Å². The summed E-state index contributed by atoms with van der Waals surface area (Å²) >= 11 is 0. The second-order valence-electron chi connectivity index (χ2n) is 8.22. The lowest BCUT2D eigenvalue weighted by Gasteiger charge is -2.25. The number of hydrogen-bond donors (Lipinski definition) is 3. The number of carbonyl (C=O) groups excluding carboxylic acids is 1. The summed E-state index contributed by atoms with van der Waals surface area (Å²) in [5, 5.41) is 21.1. The lowest BCUT2D eigenvalue weighted by atomic mass is 10.1. The number of esters is 1. The monoisotopic (exact) mass is 467 g/mol. The summed E-state index contributed by atoms with van der Waals surface area (Å²) < 4.78 is 33.7. The molecule has 3 N–H and O–H groups in total. The number of phenols is 1. The fourth-order valence-corrected chi connectivity index (χ4v) is 3.17. The van der Waals surface area contributed by atoms with Crippen molar-refractivity contribution in [1.29, 1.82) is 0 Å². The highest BCUT2D eigenvalue weighted by molar-refractivity contribution is 7.86. The minimum absolute atomic E-state index is 0.0258. The maximum absolute atomic E-state index is 12.3. The van der Waals surface area contributed by atoms with E-state index >= 15 is 0 Å². The molecule has 0 saturated carbocycles. The second kappa shape index (κ2) is 12.0. The molecule has 0 aliphatic rings.